The first-order valence-corrected chi connectivity index (χ1v) is 4.88. The van der Waals surface area contributed by atoms with Gasteiger partial charge in [0.2, 0.25) is 0 Å². The lowest BCUT2D eigenvalue weighted by Gasteiger charge is -2.06. The fraction of sp³-hybridized carbons (Fsp3) is 0.455. The number of phenols is 1. The highest BCUT2D eigenvalue weighted by Crippen LogP contribution is 2.24. The summed E-state index contributed by atoms with van der Waals surface area (Å²) in [5.74, 6) is 0.872. The van der Waals surface area contributed by atoms with Crippen LogP contribution in [0.4, 0.5) is 5.69 Å². The van der Waals surface area contributed by atoms with E-state index in [1.165, 1.54) is 0 Å². The zero-order valence-electron chi connectivity index (χ0n) is 9.29. The lowest BCUT2D eigenvalue weighted by Crippen LogP contribution is -1.96. The summed E-state index contributed by atoms with van der Waals surface area (Å²) in [6.07, 6.45) is 0. The maximum absolute atomic E-state index is 9.23. The van der Waals surface area contributed by atoms with Crippen LogP contribution < -0.4 is 10.1 Å². The molecule has 3 nitrogen and oxygen atoms in total. The van der Waals surface area contributed by atoms with Gasteiger partial charge in [-0.05, 0) is 6.92 Å². The Morgan fingerprint density at radius 1 is 1.29 bits per heavy atom. The van der Waals surface area contributed by atoms with Crippen LogP contribution in [-0.4, -0.2) is 18.8 Å². The van der Waals surface area contributed by atoms with Gasteiger partial charge in [-0.3, -0.25) is 0 Å². The smallest absolute Gasteiger partial charge is 0.124 e. The number of nitrogens with one attached hydrogen (secondary N) is 1. The van der Waals surface area contributed by atoms with Gasteiger partial charge < -0.3 is 15.2 Å². The van der Waals surface area contributed by atoms with E-state index in [4.69, 9.17) is 4.74 Å². The monoisotopic (exact) mass is 197 g/mol. The SMILES string of the molecule is CC.CCNc1cc(O)cc(OC)c1. The van der Waals surface area contributed by atoms with E-state index in [1.54, 1.807) is 19.2 Å². The number of benzene rings is 1. The summed E-state index contributed by atoms with van der Waals surface area (Å²) in [4.78, 5) is 0. The Kier molecular flexibility index (Phi) is 6.37. The van der Waals surface area contributed by atoms with Gasteiger partial charge in [0.15, 0.2) is 0 Å². The van der Waals surface area contributed by atoms with E-state index in [0.717, 1.165) is 12.2 Å². The normalized spacial score (nSPS) is 8.57. The summed E-state index contributed by atoms with van der Waals surface area (Å²) in [5, 5.41) is 12.3. The molecule has 0 saturated carbocycles. The average molecular weight is 197 g/mol. The molecule has 0 aliphatic rings. The van der Waals surface area contributed by atoms with Gasteiger partial charge in [0.05, 0.1) is 7.11 Å². The van der Waals surface area contributed by atoms with Gasteiger partial charge in [-0.15, -0.1) is 0 Å². The second-order valence-corrected chi connectivity index (χ2v) is 2.45. The van der Waals surface area contributed by atoms with Crippen LogP contribution in [0.1, 0.15) is 20.8 Å². The molecular weight excluding hydrogens is 178 g/mol. The Morgan fingerprint density at radius 2 is 1.93 bits per heavy atom. The fourth-order valence-corrected chi connectivity index (χ4v) is 1.01. The van der Waals surface area contributed by atoms with Crippen molar-refractivity contribution in [3.63, 3.8) is 0 Å². The molecule has 0 aliphatic heterocycles. The van der Waals surface area contributed by atoms with Crippen molar-refractivity contribution in [2.24, 2.45) is 0 Å². The van der Waals surface area contributed by atoms with Crippen LogP contribution in [0.3, 0.4) is 0 Å². The molecule has 1 rings (SSSR count). The number of anilines is 1. The van der Waals surface area contributed by atoms with Gasteiger partial charge >= 0.3 is 0 Å². The molecule has 3 heteroatoms. The van der Waals surface area contributed by atoms with Crippen LogP contribution in [0, 0.1) is 0 Å². The van der Waals surface area contributed by atoms with Crippen molar-refractivity contribution in [2.45, 2.75) is 20.8 Å². The number of methoxy groups -OCH3 is 1. The molecule has 1 aromatic rings. The zero-order chi connectivity index (χ0) is 11.0. The molecule has 14 heavy (non-hydrogen) atoms. The largest absolute Gasteiger partial charge is 0.508 e. The molecule has 0 aromatic heterocycles. The van der Waals surface area contributed by atoms with E-state index in [2.05, 4.69) is 5.32 Å². The lowest BCUT2D eigenvalue weighted by molar-refractivity contribution is 0.408. The van der Waals surface area contributed by atoms with E-state index in [9.17, 15) is 5.11 Å². The quantitative estimate of drug-likeness (QED) is 0.783. The van der Waals surface area contributed by atoms with Crippen molar-refractivity contribution in [3.8, 4) is 11.5 Å². The predicted octanol–water partition coefficient (Wildman–Crippen LogP) is 2.86. The highest BCUT2D eigenvalue weighted by atomic mass is 16.5. The molecule has 80 valence electrons. The maximum Gasteiger partial charge on any atom is 0.124 e. The third kappa shape index (κ3) is 4.03. The molecule has 0 fully saturated rings. The standard InChI is InChI=1S/C9H13NO2.C2H6/c1-3-10-7-4-8(11)6-9(5-7)12-2;1-2/h4-6,10-11H,3H2,1-2H3;1-2H3. The number of hydrogen-bond donors (Lipinski definition) is 2. The Morgan fingerprint density at radius 3 is 2.43 bits per heavy atom. The van der Waals surface area contributed by atoms with Gasteiger partial charge in [0.25, 0.3) is 0 Å². The number of hydrogen-bond acceptors (Lipinski definition) is 3. The first kappa shape index (κ1) is 12.6. The number of phenolic OH excluding ortho intramolecular Hbond substituents is 1. The van der Waals surface area contributed by atoms with E-state index in [0.29, 0.717) is 5.75 Å². The predicted molar refractivity (Wildman–Crippen MR) is 60.2 cm³/mol. The molecule has 0 unspecified atom stereocenters. The molecule has 2 N–H and O–H groups in total. The second kappa shape index (κ2) is 7.06. The third-order valence-electron chi connectivity index (χ3n) is 1.51. The molecule has 0 amide bonds. The van der Waals surface area contributed by atoms with Gasteiger partial charge in [-0.25, -0.2) is 0 Å². The number of rotatable bonds is 3. The van der Waals surface area contributed by atoms with Crippen molar-refractivity contribution in [1.82, 2.24) is 0 Å². The van der Waals surface area contributed by atoms with Crippen LogP contribution in [0.2, 0.25) is 0 Å². The summed E-state index contributed by atoms with van der Waals surface area (Å²) in [6, 6.07) is 5.07. The first-order valence-electron chi connectivity index (χ1n) is 4.88. The molecule has 0 radical (unpaired) electrons. The van der Waals surface area contributed by atoms with Gasteiger partial charge in [0.1, 0.15) is 11.5 Å². The van der Waals surface area contributed by atoms with Crippen LogP contribution >= 0.6 is 0 Å². The van der Waals surface area contributed by atoms with Crippen molar-refractivity contribution in [1.29, 1.82) is 0 Å². The van der Waals surface area contributed by atoms with Crippen molar-refractivity contribution < 1.29 is 9.84 Å². The molecule has 0 spiro atoms. The summed E-state index contributed by atoms with van der Waals surface area (Å²) in [6.45, 7) is 6.82. The Balaban J connectivity index is 0.000000791. The topological polar surface area (TPSA) is 41.5 Å². The minimum Gasteiger partial charge on any atom is -0.508 e. The van der Waals surface area contributed by atoms with E-state index in [1.807, 2.05) is 26.8 Å². The highest BCUT2D eigenvalue weighted by molar-refractivity contribution is 5.53. The van der Waals surface area contributed by atoms with Crippen LogP contribution in [0.15, 0.2) is 18.2 Å². The van der Waals surface area contributed by atoms with E-state index >= 15 is 0 Å². The van der Waals surface area contributed by atoms with Gasteiger partial charge in [-0.1, -0.05) is 13.8 Å². The summed E-state index contributed by atoms with van der Waals surface area (Å²) >= 11 is 0. The maximum atomic E-state index is 9.23. The highest BCUT2D eigenvalue weighted by Gasteiger charge is 1.97. The average Bonchev–Trinajstić information content (AvgIpc) is 2.20. The van der Waals surface area contributed by atoms with Gasteiger partial charge in [-0.2, -0.15) is 0 Å². The van der Waals surface area contributed by atoms with Crippen molar-refractivity contribution in [3.05, 3.63) is 18.2 Å². The zero-order valence-corrected chi connectivity index (χ0v) is 9.29. The number of aromatic hydroxyl groups is 1. The molecule has 0 atom stereocenters. The fourth-order valence-electron chi connectivity index (χ4n) is 1.01. The summed E-state index contributed by atoms with van der Waals surface area (Å²) < 4.78 is 4.98. The Labute approximate surface area is 85.7 Å². The molecule has 0 saturated heterocycles. The number of ether oxygens (including phenoxy) is 1. The Bertz CT molecular complexity index is 261. The van der Waals surface area contributed by atoms with E-state index < -0.39 is 0 Å². The third-order valence-corrected chi connectivity index (χ3v) is 1.51. The molecular formula is C11H19NO2. The molecule has 0 heterocycles. The molecule has 1 aromatic carbocycles. The van der Waals surface area contributed by atoms with Crippen LogP contribution in [0.5, 0.6) is 11.5 Å². The van der Waals surface area contributed by atoms with Crippen LogP contribution in [0.25, 0.3) is 0 Å². The Hall–Kier alpha value is -1.38. The van der Waals surface area contributed by atoms with Crippen molar-refractivity contribution in [2.75, 3.05) is 19.0 Å². The molecule has 0 bridgehead atoms. The van der Waals surface area contributed by atoms with E-state index in [-0.39, 0.29) is 5.75 Å². The summed E-state index contributed by atoms with van der Waals surface area (Å²) in [5.41, 5.74) is 0.870. The van der Waals surface area contributed by atoms with Gasteiger partial charge in [0, 0.05) is 30.4 Å². The van der Waals surface area contributed by atoms with Crippen molar-refractivity contribution >= 4 is 5.69 Å². The lowest BCUT2D eigenvalue weighted by atomic mass is 10.3. The first-order chi connectivity index (χ1) is 6.76. The molecule has 0 aliphatic carbocycles. The summed E-state index contributed by atoms with van der Waals surface area (Å²) in [7, 11) is 1.57. The van der Waals surface area contributed by atoms with Crippen LogP contribution in [-0.2, 0) is 0 Å². The minimum atomic E-state index is 0.213. The minimum absolute atomic E-state index is 0.213. The second-order valence-electron chi connectivity index (χ2n) is 2.45.